The van der Waals surface area contributed by atoms with Gasteiger partial charge in [0, 0.05) is 6.08 Å². The highest BCUT2D eigenvalue weighted by Crippen LogP contribution is 2.09. The molecule has 8 heteroatoms. The molecule has 0 saturated heterocycles. The molecule has 0 aliphatic rings. The van der Waals surface area contributed by atoms with Crippen molar-refractivity contribution in [2.75, 3.05) is 0 Å². The molecule has 0 bridgehead atoms. The normalized spacial score (nSPS) is 14.2. The number of aliphatic hydroxyl groups is 1. The quantitative estimate of drug-likeness (QED) is 0.234. The van der Waals surface area contributed by atoms with E-state index in [2.05, 4.69) is 0 Å². The van der Waals surface area contributed by atoms with Crippen molar-refractivity contribution in [2.45, 2.75) is 12.5 Å². The number of carboxylic acids is 3. The SMILES string of the molecule is N[C@@H](CC(/C=C(\O)C(=O)O)=C\C(=O)O)C(=O)O. The Bertz CT molecular complexity index is 396. The fraction of sp³-hybridized carbons (Fsp3) is 0.222. The minimum absolute atomic E-state index is 0.215. The van der Waals surface area contributed by atoms with Crippen LogP contribution in [0.25, 0.3) is 0 Å². The van der Waals surface area contributed by atoms with Crippen LogP contribution >= 0.6 is 0 Å². The summed E-state index contributed by atoms with van der Waals surface area (Å²) in [6.07, 6.45) is 0.792. The number of aliphatic carboxylic acids is 3. The van der Waals surface area contributed by atoms with Gasteiger partial charge in [-0.1, -0.05) is 0 Å². The molecule has 0 aromatic heterocycles. The van der Waals surface area contributed by atoms with Gasteiger partial charge in [-0.05, 0) is 18.1 Å². The highest BCUT2D eigenvalue weighted by Gasteiger charge is 2.15. The van der Waals surface area contributed by atoms with E-state index in [4.69, 9.17) is 26.2 Å². The average molecular weight is 245 g/mol. The Balaban J connectivity index is 5.04. The molecule has 0 radical (unpaired) electrons. The standard InChI is InChI=1S/C9H11NO7/c10-5(8(14)15)1-4(3-7(12)13)2-6(11)9(16)17/h2-3,5,11H,1,10H2,(H,12,13)(H,14,15)(H,16,17)/b4-3+,6-2-/t5-/m0/s1. The molecule has 0 fully saturated rings. The lowest BCUT2D eigenvalue weighted by Crippen LogP contribution is -2.30. The van der Waals surface area contributed by atoms with Gasteiger partial charge in [0.25, 0.3) is 0 Å². The number of rotatable bonds is 6. The summed E-state index contributed by atoms with van der Waals surface area (Å²) in [5, 5.41) is 34.2. The van der Waals surface area contributed by atoms with Crippen LogP contribution in [0.2, 0.25) is 0 Å². The van der Waals surface area contributed by atoms with Gasteiger partial charge in [0.15, 0.2) is 0 Å². The Morgan fingerprint density at radius 2 is 1.59 bits per heavy atom. The van der Waals surface area contributed by atoms with Crippen LogP contribution in [0.1, 0.15) is 6.42 Å². The molecule has 0 amide bonds. The lowest BCUT2D eigenvalue weighted by atomic mass is 10.1. The lowest BCUT2D eigenvalue weighted by Gasteiger charge is -2.06. The molecular formula is C9H11NO7. The zero-order chi connectivity index (χ0) is 13.6. The number of allylic oxidation sites excluding steroid dienone is 1. The zero-order valence-electron chi connectivity index (χ0n) is 8.53. The Hall–Kier alpha value is -2.35. The van der Waals surface area contributed by atoms with Gasteiger partial charge >= 0.3 is 17.9 Å². The predicted octanol–water partition coefficient (Wildman–Crippen LogP) is -0.674. The fourth-order valence-electron chi connectivity index (χ4n) is 0.897. The first-order valence-electron chi connectivity index (χ1n) is 4.30. The first kappa shape index (κ1) is 14.6. The van der Waals surface area contributed by atoms with Crippen LogP contribution in [0.5, 0.6) is 0 Å². The van der Waals surface area contributed by atoms with Crippen LogP contribution < -0.4 is 5.73 Å². The minimum atomic E-state index is -1.66. The van der Waals surface area contributed by atoms with Gasteiger partial charge in [0.2, 0.25) is 5.76 Å². The molecule has 8 nitrogen and oxygen atoms in total. The van der Waals surface area contributed by atoms with E-state index in [-0.39, 0.29) is 5.57 Å². The van der Waals surface area contributed by atoms with Gasteiger partial charge in [-0.3, -0.25) is 4.79 Å². The van der Waals surface area contributed by atoms with Crippen LogP contribution in [-0.2, 0) is 14.4 Å². The molecule has 0 rings (SSSR count). The molecular weight excluding hydrogens is 234 g/mol. The third kappa shape index (κ3) is 5.95. The van der Waals surface area contributed by atoms with Crippen molar-refractivity contribution in [3.05, 3.63) is 23.5 Å². The van der Waals surface area contributed by atoms with Crippen molar-refractivity contribution in [1.82, 2.24) is 0 Å². The van der Waals surface area contributed by atoms with Crippen LogP contribution in [0, 0.1) is 0 Å². The third-order valence-electron chi connectivity index (χ3n) is 1.62. The number of hydrogen-bond donors (Lipinski definition) is 5. The second-order valence-electron chi connectivity index (χ2n) is 3.04. The van der Waals surface area contributed by atoms with Gasteiger partial charge in [0.05, 0.1) is 0 Å². The van der Waals surface area contributed by atoms with Gasteiger partial charge in [-0.25, -0.2) is 9.59 Å². The number of nitrogens with two attached hydrogens (primary N) is 1. The summed E-state index contributed by atoms with van der Waals surface area (Å²) < 4.78 is 0. The van der Waals surface area contributed by atoms with E-state index in [0.29, 0.717) is 12.2 Å². The van der Waals surface area contributed by atoms with E-state index in [1.165, 1.54) is 0 Å². The van der Waals surface area contributed by atoms with Gasteiger partial charge in [-0.2, -0.15) is 0 Å². The smallest absolute Gasteiger partial charge is 0.370 e. The van der Waals surface area contributed by atoms with Crippen molar-refractivity contribution in [2.24, 2.45) is 5.73 Å². The molecule has 0 spiro atoms. The third-order valence-corrected chi connectivity index (χ3v) is 1.62. The summed E-state index contributed by atoms with van der Waals surface area (Å²) in [4.78, 5) is 31.1. The molecule has 1 atom stereocenters. The molecule has 0 heterocycles. The molecule has 0 unspecified atom stereocenters. The first-order chi connectivity index (χ1) is 7.73. The van der Waals surface area contributed by atoms with Crippen molar-refractivity contribution in [3.8, 4) is 0 Å². The van der Waals surface area contributed by atoms with E-state index < -0.39 is 36.1 Å². The van der Waals surface area contributed by atoms with Crippen LogP contribution in [0.4, 0.5) is 0 Å². The number of hydrogen-bond acceptors (Lipinski definition) is 5. The molecule has 0 aliphatic heterocycles. The fourth-order valence-corrected chi connectivity index (χ4v) is 0.897. The molecule has 0 aromatic carbocycles. The average Bonchev–Trinajstić information content (AvgIpc) is 2.15. The summed E-state index contributed by atoms with van der Waals surface area (Å²) >= 11 is 0. The van der Waals surface area contributed by atoms with Gasteiger partial charge in [0.1, 0.15) is 6.04 Å². The van der Waals surface area contributed by atoms with E-state index >= 15 is 0 Å². The summed E-state index contributed by atoms with van der Waals surface area (Å²) in [6.45, 7) is 0. The Labute approximate surface area is 95.3 Å². The van der Waals surface area contributed by atoms with Crippen molar-refractivity contribution >= 4 is 17.9 Å². The highest BCUT2D eigenvalue weighted by atomic mass is 16.4. The Kier molecular flexibility index (Phi) is 5.41. The number of carboxylic acid groups (broad SMARTS) is 3. The summed E-state index contributed by atoms with van der Waals surface area (Å²) in [7, 11) is 0. The Morgan fingerprint density at radius 1 is 1.06 bits per heavy atom. The molecule has 6 N–H and O–H groups in total. The van der Waals surface area contributed by atoms with Crippen molar-refractivity contribution in [1.29, 1.82) is 0 Å². The molecule has 0 aliphatic carbocycles. The second kappa shape index (κ2) is 6.28. The molecule has 0 aromatic rings. The largest absolute Gasteiger partial charge is 0.502 e. The van der Waals surface area contributed by atoms with Crippen LogP contribution in [0.15, 0.2) is 23.5 Å². The van der Waals surface area contributed by atoms with E-state index in [1.807, 2.05) is 0 Å². The maximum absolute atomic E-state index is 10.4. The monoisotopic (exact) mass is 245 g/mol. The van der Waals surface area contributed by atoms with Crippen LogP contribution in [0.3, 0.4) is 0 Å². The van der Waals surface area contributed by atoms with Crippen LogP contribution in [-0.4, -0.2) is 44.4 Å². The zero-order valence-corrected chi connectivity index (χ0v) is 8.53. The maximum atomic E-state index is 10.4. The lowest BCUT2D eigenvalue weighted by molar-refractivity contribution is -0.138. The predicted molar refractivity (Wildman–Crippen MR) is 54.3 cm³/mol. The second-order valence-corrected chi connectivity index (χ2v) is 3.04. The summed E-state index contributed by atoms with van der Waals surface area (Å²) in [5.74, 6) is -5.54. The highest BCUT2D eigenvalue weighted by molar-refractivity contribution is 5.86. The topological polar surface area (TPSA) is 158 Å². The number of aliphatic hydroxyl groups excluding tert-OH is 1. The Morgan fingerprint density at radius 3 is 1.94 bits per heavy atom. The summed E-state index contributed by atoms with van der Waals surface area (Å²) in [5.41, 5.74) is 4.94. The van der Waals surface area contributed by atoms with Crippen molar-refractivity contribution in [3.63, 3.8) is 0 Å². The van der Waals surface area contributed by atoms with Crippen molar-refractivity contribution < 1.29 is 34.8 Å². The summed E-state index contributed by atoms with van der Waals surface area (Å²) in [6, 6.07) is -1.39. The molecule has 94 valence electrons. The molecule has 0 saturated carbocycles. The minimum Gasteiger partial charge on any atom is -0.502 e. The van der Waals surface area contributed by atoms with Gasteiger partial charge in [-0.15, -0.1) is 0 Å². The van der Waals surface area contributed by atoms with E-state index in [1.54, 1.807) is 0 Å². The first-order valence-corrected chi connectivity index (χ1v) is 4.30. The number of carbonyl (C=O) groups is 3. The van der Waals surface area contributed by atoms with E-state index in [0.717, 1.165) is 0 Å². The molecule has 17 heavy (non-hydrogen) atoms. The van der Waals surface area contributed by atoms with E-state index in [9.17, 15) is 14.4 Å². The maximum Gasteiger partial charge on any atom is 0.370 e. The van der Waals surface area contributed by atoms with Gasteiger partial charge < -0.3 is 26.2 Å².